The molecular weight excluding hydrogens is 316 g/mol. The van der Waals surface area contributed by atoms with Gasteiger partial charge in [0.25, 0.3) is 5.91 Å². The molecule has 132 valence electrons. The van der Waals surface area contributed by atoms with Crippen molar-refractivity contribution in [3.63, 3.8) is 0 Å². The summed E-state index contributed by atoms with van der Waals surface area (Å²) in [5.74, 6) is 2.05. The van der Waals surface area contributed by atoms with Gasteiger partial charge in [0.1, 0.15) is 11.5 Å². The van der Waals surface area contributed by atoms with Crippen LogP contribution in [-0.4, -0.2) is 30.5 Å². The van der Waals surface area contributed by atoms with E-state index in [1.165, 1.54) is 18.4 Å². The summed E-state index contributed by atoms with van der Waals surface area (Å²) in [4.78, 5) is 14.7. The largest absolute Gasteiger partial charge is 0.493 e. The zero-order valence-electron chi connectivity index (χ0n) is 14.4. The Hall–Kier alpha value is -2.27. The quantitative estimate of drug-likeness (QED) is 0.908. The molecule has 0 saturated carbocycles. The third kappa shape index (κ3) is 3.87. The van der Waals surface area contributed by atoms with Crippen LogP contribution in [0.2, 0.25) is 0 Å². The zero-order chi connectivity index (χ0) is 17.1. The lowest BCUT2D eigenvalue weighted by molar-refractivity contribution is 0.0919. The molecular formula is C20H24N2O3. The highest BCUT2D eigenvalue weighted by Gasteiger charge is 2.16. The normalized spacial score (nSPS) is 17.1. The molecule has 5 heteroatoms. The predicted molar refractivity (Wildman–Crippen MR) is 94.6 cm³/mol. The highest BCUT2D eigenvalue weighted by molar-refractivity contribution is 5.91. The minimum Gasteiger partial charge on any atom is -0.493 e. The molecule has 2 aliphatic rings. The van der Waals surface area contributed by atoms with E-state index in [2.05, 4.69) is 16.3 Å². The molecule has 0 atom stereocenters. The molecule has 0 bridgehead atoms. The molecule has 25 heavy (non-hydrogen) atoms. The first kappa shape index (κ1) is 16.2. The third-order valence-electron chi connectivity index (χ3n) is 4.89. The molecule has 2 aromatic rings. The summed E-state index contributed by atoms with van der Waals surface area (Å²) in [6.07, 6.45) is 4.59. The average molecular weight is 340 g/mol. The van der Waals surface area contributed by atoms with E-state index in [-0.39, 0.29) is 5.91 Å². The van der Waals surface area contributed by atoms with Gasteiger partial charge in [0.15, 0.2) is 5.76 Å². The topological polar surface area (TPSA) is 54.7 Å². The maximum Gasteiger partial charge on any atom is 0.287 e. The van der Waals surface area contributed by atoms with E-state index in [9.17, 15) is 4.79 Å². The minimum atomic E-state index is -0.165. The molecule has 1 aromatic heterocycles. The number of carbonyl (C=O) groups is 1. The fourth-order valence-electron chi connectivity index (χ4n) is 3.54. The van der Waals surface area contributed by atoms with E-state index in [1.807, 2.05) is 18.2 Å². The average Bonchev–Trinajstić information content (AvgIpc) is 3.32. The number of nitrogens with zero attached hydrogens (tertiary/aromatic N) is 1. The second-order valence-electron chi connectivity index (χ2n) is 6.83. The zero-order valence-corrected chi connectivity index (χ0v) is 14.4. The van der Waals surface area contributed by atoms with Crippen molar-refractivity contribution < 1.29 is 13.9 Å². The van der Waals surface area contributed by atoms with E-state index < -0.39 is 0 Å². The number of ether oxygens (including phenoxy) is 1. The molecule has 1 fully saturated rings. The molecule has 5 nitrogen and oxygen atoms in total. The Morgan fingerprint density at radius 1 is 1.12 bits per heavy atom. The van der Waals surface area contributed by atoms with E-state index in [1.54, 1.807) is 6.07 Å². The maximum atomic E-state index is 12.3. The van der Waals surface area contributed by atoms with Crippen LogP contribution in [0.25, 0.3) is 0 Å². The smallest absolute Gasteiger partial charge is 0.287 e. The molecule has 1 amide bonds. The fourth-order valence-corrected chi connectivity index (χ4v) is 3.54. The van der Waals surface area contributed by atoms with Crippen molar-refractivity contribution >= 4 is 5.91 Å². The van der Waals surface area contributed by atoms with Crippen molar-refractivity contribution in [2.45, 2.75) is 38.8 Å². The Labute approximate surface area is 148 Å². The number of benzene rings is 1. The number of hydrogen-bond acceptors (Lipinski definition) is 4. The molecule has 0 spiro atoms. The van der Waals surface area contributed by atoms with Crippen LogP contribution < -0.4 is 10.1 Å². The van der Waals surface area contributed by atoms with E-state index in [0.717, 1.165) is 56.2 Å². The first-order valence-electron chi connectivity index (χ1n) is 9.12. The van der Waals surface area contributed by atoms with Crippen LogP contribution in [-0.2, 0) is 19.5 Å². The van der Waals surface area contributed by atoms with E-state index in [0.29, 0.717) is 12.3 Å². The molecule has 2 aliphatic heterocycles. The van der Waals surface area contributed by atoms with Crippen molar-refractivity contribution in [1.29, 1.82) is 0 Å². The van der Waals surface area contributed by atoms with Crippen molar-refractivity contribution in [2.24, 2.45) is 0 Å². The van der Waals surface area contributed by atoms with Crippen LogP contribution in [0, 0.1) is 0 Å². The summed E-state index contributed by atoms with van der Waals surface area (Å²) >= 11 is 0. The van der Waals surface area contributed by atoms with Crippen molar-refractivity contribution in [1.82, 2.24) is 10.2 Å². The SMILES string of the molecule is O=C(NCc1ccc2c(c1)CCCO2)c1ccc(CN2CCCC2)o1. The lowest BCUT2D eigenvalue weighted by Gasteiger charge is -2.17. The monoisotopic (exact) mass is 340 g/mol. The van der Waals surface area contributed by atoms with Gasteiger partial charge in [0.05, 0.1) is 13.2 Å². The van der Waals surface area contributed by atoms with Crippen molar-refractivity contribution in [3.8, 4) is 5.75 Å². The molecule has 4 rings (SSSR count). The highest BCUT2D eigenvalue weighted by Crippen LogP contribution is 2.25. The number of furan rings is 1. The van der Waals surface area contributed by atoms with Crippen LogP contribution in [0.3, 0.4) is 0 Å². The van der Waals surface area contributed by atoms with Gasteiger partial charge in [-0.05, 0) is 68.1 Å². The summed E-state index contributed by atoms with van der Waals surface area (Å²) in [5.41, 5.74) is 2.31. The standard InChI is InChI=1S/C20H24N2O3/c23-20(19-8-6-17(25-19)14-22-9-1-2-10-22)21-13-15-5-7-18-16(12-15)4-3-11-24-18/h5-8,12H,1-4,9-11,13-14H2,(H,21,23). The molecule has 0 radical (unpaired) electrons. The fraction of sp³-hybridized carbons (Fsp3) is 0.450. The van der Waals surface area contributed by atoms with Crippen LogP contribution in [0.4, 0.5) is 0 Å². The van der Waals surface area contributed by atoms with E-state index >= 15 is 0 Å². The minimum absolute atomic E-state index is 0.165. The number of hydrogen-bond donors (Lipinski definition) is 1. The lowest BCUT2D eigenvalue weighted by atomic mass is 10.0. The number of carbonyl (C=O) groups excluding carboxylic acids is 1. The summed E-state index contributed by atoms with van der Waals surface area (Å²) in [5, 5.41) is 2.94. The maximum absolute atomic E-state index is 12.3. The van der Waals surface area contributed by atoms with Gasteiger partial charge in [-0.1, -0.05) is 12.1 Å². The number of rotatable bonds is 5. The van der Waals surface area contributed by atoms with E-state index in [4.69, 9.17) is 9.15 Å². The number of nitrogens with one attached hydrogen (secondary N) is 1. The van der Waals surface area contributed by atoms with Gasteiger partial charge in [0, 0.05) is 6.54 Å². The first-order chi connectivity index (χ1) is 12.3. The number of aryl methyl sites for hydroxylation is 1. The Morgan fingerprint density at radius 2 is 2.00 bits per heavy atom. The van der Waals surface area contributed by atoms with Gasteiger partial charge < -0.3 is 14.5 Å². The van der Waals surface area contributed by atoms with Crippen LogP contribution in [0.5, 0.6) is 5.75 Å². The van der Waals surface area contributed by atoms with Crippen molar-refractivity contribution in [2.75, 3.05) is 19.7 Å². The Morgan fingerprint density at radius 3 is 2.88 bits per heavy atom. The molecule has 3 heterocycles. The molecule has 1 N–H and O–H groups in total. The first-order valence-corrected chi connectivity index (χ1v) is 9.12. The number of amides is 1. The van der Waals surface area contributed by atoms with Crippen LogP contribution in [0.15, 0.2) is 34.7 Å². The lowest BCUT2D eigenvalue weighted by Crippen LogP contribution is -2.22. The molecule has 1 aromatic carbocycles. The second kappa shape index (κ2) is 7.31. The van der Waals surface area contributed by atoms with Gasteiger partial charge in [0.2, 0.25) is 0 Å². The Kier molecular flexibility index (Phi) is 4.74. The second-order valence-corrected chi connectivity index (χ2v) is 6.83. The summed E-state index contributed by atoms with van der Waals surface area (Å²) in [6.45, 7) is 4.31. The predicted octanol–water partition coefficient (Wildman–Crippen LogP) is 3.13. The molecule has 0 aliphatic carbocycles. The third-order valence-corrected chi connectivity index (χ3v) is 4.89. The Balaban J connectivity index is 1.33. The van der Waals surface area contributed by atoms with Gasteiger partial charge in [-0.15, -0.1) is 0 Å². The summed E-state index contributed by atoms with van der Waals surface area (Å²) in [7, 11) is 0. The summed E-state index contributed by atoms with van der Waals surface area (Å²) < 4.78 is 11.3. The van der Waals surface area contributed by atoms with Crippen molar-refractivity contribution in [3.05, 3.63) is 53.0 Å². The summed E-state index contributed by atoms with van der Waals surface area (Å²) in [6, 6.07) is 9.79. The molecule has 0 unspecified atom stereocenters. The van der Waals surface area contributed by atoms with Gasteiger partial charge in [-0.25, -0.2) is 0 Å². The van der Waals surface area contributed by atoms with Crippen LogP contribution >= 0.6 is 0 Å². The molecule has 1 saturated heterocycles. The Bertz CT molecular complexity index is 747. The highest BCUT2D eigenvalue weighted by atomic mass is 16.5. The number of fused-ring (bicyclic) bond motifs is 1. The van der Waals surface area contributed by atoms with Gasteiger partial charge in [-0.2, -0.15) is 0 Å². The van der Waals surface area contributed by atoms with Gasteiger partial charge >= 0.3 is 0 Å². The van der Waals surface area contributed by atoms with Gasteiger partial charge in [-0.3, -0.25) is 9.69 Å². The number of likely N-dealkylation sites (tertiary alicyclic amines) is 1. The van der Waals surface area contributed by atoms with Crippen LogP contribution in [0.1, 0.15) is 46.7 Å².